The summed E-state index contributed by atoms with van der Waals surface area (Å²) in [6, 6.07) is 5.40. The van der Waals surface area contributed by atoms with Crippen LogP contribution in [0.1, 0.15) is 5.56 Å². The molecule has 1 aliphatic heterocycles. The lowest BCUT2D eigenvalue weighted by Crippen LogP contribution is -2.42. The van der Waals surface area contributed by atoms with Crippen LogP contribution in [0.5, 0.6) is 11.5 Å². The molecule has 1 aromatic carbocycles. The van der Waals surface area contributed by atoms with Gasteiger partial charge in [-0.2, -0.15) is 4.31 Å². The highest BCUT2D eigenvalue weighted by molar-refractivity contribution is 7.88. The second-order valence-corrected chi connectivity index (χ2v) is 7.85. The van der Waals surface area contributed by atoms with Crippen LogP contribution in [0.3, 0.4) is 0 Å². The van der Waals surface area contributed by atoms with E-state index in [0.29, 0.717) is 24.6 Å². The van der Waals surface area contributed by atoms with E-state index < -0.39 is 10.0 Å². The molecule has 24 heavy (non-hydrogen) atoms. The van der Waals surface area contributed by atoms with Crippen molar-refractivity contribution < 1.29 is 22.7 Å². The van der Waals surface area contributed by atoms with Gasteiger partial charge in [0, 0.05) is 19.6 Å². The van der Waals surface area contributed by atoms with Gasteiger partial charge >= 0.3 is 0 Å². The quantitative estimate of drug-likeness (QED) is 0.696. The van der Waals surface area contributed by atoms with Crippen molar-refractivity contribution in [3.8, 4) is 11.5 Å². The Hall–Kier alpha value is -1.84. The molecule has 9 heteroatoms. The zero-order valence-corrected chi connectivity index (χ0v) is 14.9. The van der Waals surface area contributed by atoms with Crippen molar-refractivity contribution in [1.82, 2.24) is 14.5 Å². The second-order valence-electron chi connectivity index (χ2n) is 5.86. The summed E-state index contributed by atoms with van der Waals surface area (Å²) in [5.41, 5.74) is 0.854. The van der Waals surface area contributed by atoms with Crippen LogP contribution >= 0.6 is 0 Å². The molecule has 2 rings (SSSR count). The van der Waals surface area contributed by atoms with Gasteiger partial charge in [-0.3, -0.25) is 4.79 Å². The molecule has 134 valence electrons. The van der Waals surface area contributed by atoms with Gasteiger partial charge in [-0.05, 0) is 31.8 Å². The predicted molar refractivity (Wildman–Crippen MR) is 89.4 cm³/mol. The molecule has 0 aromatic heterocycles. The van der Waals surface area contributed by atoms with Crippen molar-refractivity contribution in [1.29, 1.82) is 0 Å². The number of carbonyl (C=O) groups is 1. The fraction of sp³-hybridized carbons (Fsp3) is 0.533. The number of benzene rings is 1. The first-order valence-electron chi connectivity index (χ1n) is 7.51. The lowest BCUT2D eigenvalue weighted by Gasteiger charge is -2.21. The van der Waals surface area contributed by atoms with Gasteiger partial charge in [-0.1, -0.05) is 6.07 Å². The molecule has 1 aromatic rings. The summed E-state index contributed by atoms with van der Waals surface area (Å²) in [6.45, 7) is 1.10. The average Bonchev–Trinajstić information content (AvgIpc) is 2.95. The standard InChI is InChI=1S/C15H23N3O5S/c1-17(2)6-7-18(24(3,20)21)10-15(19)16-9-12-4-5-13-14(8-12)23-11-22-13/h4-5,8H,6-7,9-11H2,1-3H3,(H,16,19). The Balaban J connectivity index is 1.88. The lowest BCUT2D eigenvalue weighted by atomic mass is 10.2. The smallest absolute Gasteiger partial charge is 0.235 e. The van der Waals surface area contributed by atoms with Gasteiger partial charge in [0.1, 0.15) is 0 Å². The summed E-state index contributed by atoms with van der Waals surface area (Å²) in [6.07, 6.45) is 1.10. The normalized spacial score (nSPS) is 13.5. The number of sulfonamides is 1. The Morgan fingerprint density at radius 3 is 2.58 bits per heavy atom. The molecule has 0 bridgehead atoms. The molecule has 0 atom stereocenters. The minimum atomic E-state index is -3.44. The van der Waals surface area contributed by atoms with Crippen LogP contribution in [0, 0.1) is 0 Å². The Morgan fingerprint density at radius 1 is 1.21 bits per heavy atom. The number of rotatable bonds is 8. The third kappa shape index (κ3) is 5.36. The topological polar surface area (TPSA) is 88.2 Å². The molecule has 0 saturated heterocycles. The van der Waals surface area contributed by atoms with Crippen LogP contribution in [-0.2, 0) is 21.4 Å². The van der Waals surface area contributed by atoms with E-state index in [1.165, 1.54) is 4.31 Å². The second kappa shape index (κ2) is 7.82. The van der Waals surface area contributed by atoms with E-state index >= 15 is 0 Å². The van der Waals surface area contributed by atoms with E-state index in [1.807, 2.05) is 25.1 Å². The van der Waals surface area contributed by atoms with Crippen LogP contribution in [0.4, 0.5) is 0 Å². The van der Waals surface area contributed by atoms with Crippen molar-refractivity contribution >= 4 is 15.9 Å². The van der Waals surface area contributed by atoms with Gasteiger partial charge in [-0.15, -0.1) is 0 Å². The van der Waals surface area contributed by atoms with Crippen LogP contribution < -0.4 is 14.8 Å². The Morgan fingerprint density at radius 2 is 1.92 bits per heavy atom. The highest BCUT2D eigenvalue weighted by Crippen LogP contribution is 2.32. The van der Waals surface area contributed by atoms with Gasteiger partial charge in [0.2, 0.25) is 22.7 Å². The van der Waals surface area contributed by atoms with Crippen molar-refractivity contribution in [3.63, 3.8) is 0 Å². The zero-order valence-electron chi connectivity index (χ0n) is 14.1. The van der Waals surface area contributed by atoms with Gasteiger partial charge < -0.3 is 19.7 Å². The van der Waals surface area contributed by atoms with Crippen molar-refractivity contribution in [2.75, 3.05) is 46.8 Å². The average molecular weight is 357 g/mol. The maximum absolute atomic E-state index is 12.1. The van der Waals surface area contributed by atoms with E-state index in [9.17, 15) is 13.2 Å². The van der Waals surface area contributed by atoms with Gasteiger partial charge in [0.15, 0.2) is 11.5 Å². The van der Waals surface area contributed by atoms with Crippen molar-refractivity contribution in [2.45, 2.75) is 6.54 Å². The first-order chi connectivity index (χ1) is 11.3. The van der Waals surface area contributed by atoms with E-state index in [0.717, 1.165) is 11.8 Å². The third-order valence-electron chi connectivity index (χ3n) is 3.51. The monoisotopic (exact) mass is 357 g/mol. The molecular weight excluding hydrogens is 334 g/mol. The van der Waals surface area contributed by atoms with E-state index in [2.05, 4.69) is 5.32 Å². The third-order valence-corrected chi connectivity index (χ3v) is 4.76. The first-order valence-corrected chi connectivity index (χ1v) is 9.35. The number of ether oxygens (including phenoxy) is 2. The summed E-state index contributed by atoms with van der Waals surface area (Å²) in [5.74, 6) is 0.972. The molecule has 8 nitrogen and oxygen atoms in total. The van der Waals surface area contributed by atoms with Crippen LogP contribution in [0.25, 0.3) is 0 Å². The number of likely N-dealkylation sites (N-methyl/N-ethyl adjacent to an activating group) is 1. The molecule has 0 aliphatic carbocycles. The van der Waals surface area contributed by atoms with E-state index in [1.54, 1.807) is 12.1 Å². The zero-order chi connectivity index (χ0) is 17.7. The molecule has 1 heterocycles. The summed E-state index contributed by atoms with van der Waals surface area (Å²) in [4.78, 5) is 13.9. The fourth-order valence-electron chi connectivity index (χ4n) is 2.14. The summed E-state index contributed by atoms with van der Waals surface area (Å²) < 4.78 is 35.2. The molecule has 0 unspecified atom stereocenters. The Labute approximate surface area is 142 Å². The number of fused-ring (bicyclic) bond motifs is 1. The Bertz CT molecular complexity index is 690. The van der Waals surface area contributed by atoms with Crippen molar-refractivity contribution in [2.24, 2.45) is 0 Å². The van der Waals surface area contributed by atoms with Gasteiger partial charge in [-0.25, -0.2) is 8.42 Å². The molecule has 1 aliphatic rings. The molecule has 1 N–H and O–H groups in total. The minimum Gasteiger partial charge on any atom is -0.454 e. The first kappa shape index (κ1) is 18.5. The molecule has 0 radical (unpaired) electrons. The highest BCUT2D eigenvalue weighted by atomic mass is 32.2. The summed E-state index contributed by atoms with van der Waals surface area (Å²) >= 11 is 0. The largest absolute Gasteiger partial charge is 0.454 e. The van der Waals surface area contributed by atoms with Gasteiger partial charge in [0.25, 0.3) is 0 Å². The number of carbonyl (C=O) groups excluding carboxylic acids is 1. The summed E-state index contributed by atoms with van der Waals surface area (Å²) in [5, 5.41) is 2.73. The molecule has 1 amide bonds. The predicted octanol–water partition coefficient (Wildman–Crippen LogP) is -0.145. The van der Waals surface area contributed by atoms with Crippen LogP contribution in [-0.4, -0.2) is 70.3 Å². The molecule has 0 spiro atoms. The molecular formula is C15H23N3O5S. The van der Waals surface area contributed by atoms with E-state index in [4.69, 9.17) is 9.47 Å². The number of nitrogens with zero attached hydrogens (tertiary/aromatic N) is 2. The number of nitrogens with one attached hydrogen (secondary N) is 1. The SMILES string of the molecule is CN(C)CCN(CC(=O)NCc1ccc2c(c1)OCO2)S(C)(=O)=O. The van der Waals surface area contributed by atoms with Gasteiger partial charge in [0.05, 0.1) is 12.8 Å². The number of hydrogen-bond acceptors (Lipinski definition) is 6. The van der Waals surface area contributed by atoms with Crippen LogP contribution in [0.2, 0.25) is 0 Å². The highest BCUT2D eigenvalue weighted by Gasteiger charge is 2.20. The molecule has 0 saturated carbocycles. The molecule has 0 fully saturated rings. The number of amides is 1. The fourth-order valence-corrected chi connectivity index (χ4v) is 2.91. The number of hydrogen-bond donors (Lipinski definition) is 1. The lowest BCUT2D eigenvalue weighted by molar-refractivity contribution is -0.121. The maximum atomic E-state index is 12.1. The van der Waals surface area contributed by atoms with Crippen molar-refractivity contribution in [3.05, 3.63) is 23.8 Å². The maximum Gasteiger partial charge on any atom is 0.235 e. The van der Waals surface area contributed by atoms with Crippen LogP contribution in [0.15, 0.2) is 18.2 Å². The minimum absolute atomic E-state index is 0.195. The van der Waals surface area contributed by atoms with E-state index in [-0.39, 0.29) is 25.8 Å². The summed E-state index contributed by atoms with van der Waals surface area (Å²) in [7, 11) is 0.257. The Kier molecular flexibility index (Phi) is 6.03.